The van der Waals surface area contributed by atoms with Crippen LogP contribution in [0.4, 0.5) is 0 Å². The second kappa shape index (κ2) is 6.06. The lowest BCUT2D eigenvalue weighted by molar-refractivity contribution is 0.388. The summed E-state index contributed by atoms with van der Waals surface area (Å²) < 4.78 is 0. The van der Waals surface area contributed by atoms with Crippen LogP contribution < -0.4 is 0 Å². The van der Waals surface area contributed by atoms with E-state index in [4.69, 9.17) is 0 Å². The first-order chi connectivity index (χ1) is 9.15. The molecule has 0 aromatic heterocycles. The van der Waals surface area contributed by atoms with Crippen LogP contribution in [0.5, 0.6) is 0 Å². The lowest BCUT2D eigenvalue weighted by Gasteiger charge is -2.32. The minimum absolute atomic E-state index is 0.260. The lowest BCUT2D eigenvalue weighted by atomic mass is 9.72. The van der Waals surface area contributed by atoms with Crippen LogP contribution in [0.1, 0.15) is 50.7 Å². The minimum atomic E-state index is 0.260. The van der Waals surface area contributed by atoms with Crippen molar-refractivity contribution in [3.05, 3.63) is 71.8 Å². The van der Waals surface area contributed by atoms with Gasteiger partial charge in [0.2, 0.25) is 0 Å². The van der Waals surface area contributed by atoms with Gasteiger partial charge in [0.05, 0.1) is 0 Å². The van der Waals surface area contributed by atoms with Crippen LogP contribution in [0, 0.1) is 0 Å². The van der Waals surface area contributed by atoms with Gasteiger partial charge in [-0.2, -0.15) is 0 Å². The number of benzene rings is 2. The molecular weight excluding hydrogens is 228 g/mol. The molecule has 0 heterocycles. The van der Waals surface area contributed by atoms with Crippen molar-refractivity contribution in [1.82, 2.24) is 0 Å². The Morgan fingerprint density at radius 1 is 0.895 bits per heavy atom. The van der Waals surface area contributed by atoms with Crippen molar-refractivity contribution in [2.24, 2.45) is 0 Å². The Hall–Kier alpha value is -1.56. The Labute approximate surface area is 117 Å². The topological polar surface area (TPSA) is 0 Å². The lowest BCUT2D eigenvalue weighted by Crippen LogP contribution is -2.23. The van der Waals surface area contributed by atoms with E-state index in [1.165, 1.54) is 24.0 Å². The van der Waals surface area contributed by atoms with Gasteiger partial charge in [0.1, 0.15) is 0 Å². The summed E-state index contributed by atoms with van der Waals surface area (Å²) in [6.45, 7) is 7.03. The smallest absolute Gasteiger partial charge is 0.00722 e. The van der Waals surface area contributed by atoms with Gasteiger partial charge in [-0.25, -0.2) is 0 Å². The molecule has 2 rings (SSSR count). The van der Waals surface area contributed by atoms with E-state index in [1.807, 2.05) is 0 Å². The molecule has 0 fully saturated rings. The molecule has 0 heteroatoms. The number of rotatable bonds is 5. The van der Waals surface area contributed by atoms with E-state index in [2.05, 4.69) is 81.4 Å². The van der Waals surface area contributed by atoms with Gasteiger partial charge in [0.25, 0.3) is 0 Å². The Morgan fingerprint density at radius 3 is 1.95 bits per heavy atom. The van der Waals surface area contributed by atoms with Crippen molar-refractivity contribution in [2.45, 2.75) is 44.9 Å². The fraction of sp³-hybridized carbons (Fsp3) is 0.368. The molecule has 0 aliphatic heterocycles. The molecule has 0 N–H and O–H groups in total. The zero-order valence-corrected chi connectivity index (χ0v) is 12.3. The van der Waals surface area contributed by atoms with Gasteiger partial charge in [-0.3, -0.25) is 0 Å². The summed E-state index contributed by atoms with van der Waals surface area (Å²) >= 11 is 0. The Kier molecular flexibility index (Phi) is 4.42. The van der Waals surface area contributed by atoms with Crippen molar-refractivity contribution < 1.29 is 0 Å². The molecule has 0 radical (unpaired) electrons. The average molecular weight is 252 g/mol. The molecular formula is C19H24. The van der Waals surface area contributed by atoms with Gasteiger partial charge in [-0.05, 0) is 35.3 Å². The molecule has 0 aliphatic rings. The highest BCUT2D eigenvalue weighted by Gasteiger charge is 2.27. The largest absolute Gasteiger partial charge is 0.0645 e. The molecule has 0 saturated carbocycles. The van der Waals surface area contributed by atoms with Crippen LogP contribution >= 0.6 is 0 Å². The normalized spacial score (nSPS) is 15.7. The molecule has 0 amide bonds. The fourth-order valence-electron chi connectivity index (χ4n) is 2.88. The van der Waals surface area contributed by atoms with E-state index < -0.39 is 0 Å². The average Bonchev–Trinajstić information content (AvgIpc) is 2.49. The van der Waals surface area contributed by atoms with Gasteiger partial charge in [-0.15, -0.1) is 0 Å². The van der Waals surface area contributed by atoms with E-state index in [9.17, 15) is 0 Å². The molecule has 100 valence electrons. The van der Waals surface area contributed by atoms with Crippen molar-refractivity contribution in [3.8, 4) is 0 Å². The second-order valence-electron chi connectivity index (χ2n) is 5.80. The zero-order valence-electron chi connectivity index (χ0n) is 12.3. The first-order valence-electron chi connectivity index (χ1n) is 7.26. The van der Waals surface area contributed by atoms with Crippen LogP contribution in [-0.2, 0) is 5.41 Å². The molecule has 19 heavy (non-hydrogen) atoms. The summed E-state index contributed by atoms with van der Waals surface area (Å²) in [5.74, 6) is 0.589. The summed E-state index contributed by atoms with van der Waals surface area (Å²) in [4.78, 5) is 0. The molecule has 2 aromatic rings. The first kappa shape index (κ1) is 13.9. The van der Waals surface area contributed by atoms with E-state index in [0.717, 1.165) is 0 Å². The van der Waals surface area contributed by atoms with E-state index in [1.54, 1.807) is 0 Å². The Bertz CT molecular complexity index is 486. The number of hydrogen-bond acceptors (Lipinski definition) is 0. The predicted octanol–water partition coefficient (Wildman–Crippen LogP) is 5.55. The fourth-order valence-corrected chi connectivity index (χ4v) is 2.88. The van der Waals surface area contributed by atoms with Crippen molar-refractivity contribution in [1.29, 1.82) is 0 Å². The van der Waals surface area contributed by atoms with Crippen LogP contribution in [0.2, 0.25) is 0 Å². The van der Waals surface area contributed by atoms with Crippen LogP contribution in [-0.4, -0.2) is 0 Å². The second-order valence-corrected chi connectivity index (χ2v) is 5.80. The standard InChI is InChI=1S/C19H24/c1-4-19(3,18-13-9-6-10-14-18)15-16(2)17-11-7-5-8-12-17/h5-14,16H,4,15H2,1-3H3. The summed E-state index contributed by atoms with van der Waals surface area (Å²) in [6, 6.07) is 21.8. The van der Waals surface area contributed by atoms with E-state index >= 15 is 0 Å². The van der Waals surface area contributed by atoms with Gasteiger partial charge < -0.3 is 0 Å². The van der Waals surface area contributed by atoms with Gasteiger partial charge in [0, 0.05) is 0 Å². The zero-order chi connectivity index (χ0) is 13.7. The first-order valence-corrected chi connectivity index (χ1v) is 7.26. The van der Waals surface area contributed by atoms with Crippen molar-refractivity contribution in [3.63, 3.8) is 0 Å². The number of hydrogen-bond donors (Lipinski definition) is 0. The summed E-state index contributed by atoms with van der Waals surface area (Å²) in [5.41, 5.74) is 3.16. The summed E-state index contributed by atoms with van der Waals surface area (Å²) in [5, 5.41) is 0. The molecule has 0 nitrogen and oxygen atoms in total. The van der Waals surface area contributed by atoms with Gasteiger partial charge in [0.15, 0.2) is 0 Å². The van der Waals surface area contributed by atoms with Crippen LogP contribution in [0.15, 0.2) is 60.7 Å². The third-order valence-corrected chi connectivity index (χ3v) is 4.38. The summed E-state index contributed by atoms with van der Waals surface area (Å²) in [6.07, 6.45) is 2.37. The molecule has 0 saturated heterocycles. The third-order valence-electron chi connectivity index (χ3n) is 4.38. The Balaban J connectivity index is 2.20. The molecule has 2 unspecified atom stereocenters. The van der Waals surface area contributed by atoms with E-state index in [-0.39, 0.29) is 5.41 Å². The highest BCUT2D eigenvalue weighted by atomic mass is 14.3. The maximum Gasteiger partial charge on any atom is -0.00722 e. The van der Waals surface area contributed by atoms with Crippen LogP contribution in [0.25, 0.3) is 0 Å². The van der Waals surface area contributed by atoms with E-state index in [0.29, 0.717) is 5.92 Å². The van der Waals surface area contributed by atoms with Crippen LogP contribution in [0.3, 0.4) is 0 Å². The molecule has 2 atom stereocenters. The quantitative estimate of drug-likeness (QED) is 0.654. The maximum atomic E-state index is 2.39. The monoisotopic (exact) mass is 252 g/mol. The molecule has 0 aliphatic carbocycles. The highest BCUT2D eigenvalue weighted by molar-refractivity contribution is 5.27. The SMILES string of the molecule is CCC(C)(CC(C)c1ccccc1)c1ccccc1. The molecule has 0 bridgehead atoms. The Morgan fingerprint density at radius 2 is 1.42 bits per heavy atom. The molecule has 2 aromatic carbocycles. The third kappa shape index (κ3) is 3.26. The predicted molar refractivity (Wildman–Crippen MR) is 83.6 cm³/mol. The summed E-state index contributed by atoms with van der Waals surface area (Å²) in [7, 11) is 0. The van der Waals surface area contributed by atoms with Gasteiger partial charge >= 0.3 is 0 Å². The van der Waals surface area contributed by atoms with Gasteiger partial charge in [-0.1, -0.05) is 81.4 Å². The van der Waals surface area contributed by atoms with Crippen molar-refractivity contribution in [2.75, 3.05) is 0 Å². The molecule has 0 spiro atoms. The highest BCUT2D eigenvalue weighted by Crippen LogP contribution is 2.37. The maximum absolute atomic E-state index is 2.39. The minimum Gasteiger partial charge on any atom is -0.0645 e. The van der Waals surface area contributed by atoms with Crippen molar-refractivity contribution >= 4 is 0 Å².